The molecular formula is C14H19ClF3N3O2. The van der Waals surface area contributed by atoms with Crippen LogP contribution >= 0.6 is 12.4 Å². The van der Waals surface area contributed by atoms with Gasteiger partial charge in [0.25, 0.3) is 5.91 Å². The van der Waals surface area contributed by atoms with Crippen LogP contribution < -0.4 is 15.4 Å². The molecule has 0 aliphatic carbocycles. The van der Waals surface area contributed by atoms with E-state index in [9.17, 15) is 18.0 Å². The minimum atomic E-state index is -4.73. The van der Waals surface area contributed by atoms with Crippen molar-refractivity contribution in [2.45, 2.75) is 6.36 Å². The molecule has 2 rings (SSSR count). The minimum Gasteiger partial charge on any atom is -0.406 e. The first-order valence-electron chi connectivity index (χ1n) is 7.01. The van der Waals surface area contributed by atoms with Crippen molar-refractivity contribution < 1.29 is 22.7 Å². The molecule has 1 aromatic rings. The normalized spacial score (nSPS) is 15.6. The Morgan fingerprint density at radius 3 is 2.39 bits per heavy atom. The fraction of sp³-hybridized carbons (Fsp3) is 0.500. The molecule has 0 atom stereocenters. The van der Waals surface area contributed by atoms with Crippen LogP contribution in [-0.4, -0.2) is 56.4 Å². The fourth-order valence-electron chi connectivity index (χ4n) is 2.17. The van der Waals surface area contributed by atoms with Crippen molar-refractivity contribution in [3.63, 3.8) is 0 Å². The average molecular weight is 354 g/mol. The van der Waals surface area contributed by atoms with Crippen molar-refractivity contribution in [3.8, 4) is 5.75 Å². The lowest BCUT2D eigenvalue weighted by atomic mass is 10.2. The monoisotopic (exact) mass is 353 g/mol. The molecule has 0 radical (unpaired) electrons. The molecule has 0 saturated carbocycles. The van der Waals surface area contributed by atoms with Gasteiger partial charge in [-0.2, -0.15) is 0 Å². The lowest BCUT2D eigenvalue weighted by Gasteiger charge is -2.27. The van der Waals surface area contributed by atoms with E-state index in [1.165, 1.54) is 12.1 Å². The number of rotatable bonds is 5. The molecule has 23 heavy (non-hydrogen) atoms. The highest BCUT2D eigenvalue weighted by Crippen LogP contribution is 2.22. The predicted octanol–water partition coefficient (Wildman–Crippen LogP) is 1.64. The number of carbonyl (C=O) groups is 1. The first-order valence-corrected chi connectivity index (χ1v) is 7.01. The van der Waals surface area contributed by atoms with Gasteiger partial charge in [0.2, 0.25) is 0 Å². The van der Waals surface area contributed by atoms with Crippen LogP contribution in [0, 0.1) is 0 Å². The highest BCUT2D eigenvalue weighted by Gasteiger charge is 2.31. The van der Waals surface area contributed by atoms with Gasteiger partial charge >= 0.3 is 6.36 Å². The third kappa shape index (κ3) is 7.06. The van der Waals surface area contributed by atoms with E-state index in [0.29, 0.717) is 12.1 Å². The number of nitrogens with one attached hydrogen (secondary N) is 2. The number of halogens is 4. The third-order valence-electron chi connectivity index (χ3n) is 3.27. The maximum atomic E-state index is 12.0. The Balaban J connectivity index is 0.00000264. The van der Waals surface area contributed by atoms with Crippen LogP contribution in [0.3, 0.4) is 0 Å². The van der Waals surface area contributed by atoms with Crippen molar-refractivity contribution in [2.24, 2.45) is 0 Å². The molecule has 1 saturated heterocycles. The largest absolute Gasteiger partial charge is 0.573 e. The number of amides is 1. The van der Waals surface area contributed by atoms with E-state index < -0.39 is 6.36 Å². The maximum Gasteiger partial charge on any atom is 0.573 e. The van der Waals surface area contributed by atoms with E-state index in [-0.39, 0.29) is 24.1 Å². The number of hydrogen-bond donors (Lipinski definition) is 2. The summed E-state index contributed by atoms with van der Waals surface area (Å²) in [4.78, 5) is 14.1. The summed E-state index contributed by atoms with van der Waals surface area (Å²) in [6, 6.07) is 4.86. The lowest BCUT2D eigenvalue weighted by molar-refractivity contribution is -0.274. The Morgan fingerprint density at radius 1 is 1.22 bits per heavy atom. The van der Waals surface area contributed by atoms with Gasteiger partial charge in [-0.05, 0) is 24.3 Å². The number of benzene rings is 1. The second-order valence-corrected chi connectivity index (χ2v) is 4.92. The van der Waals surface area contributed by atoms with Crippen molar-refractivity contribution in [1.29, 1.82) is 0 Å². The van der Waals surface area contributed by atoms with Crippen molar-refractivity contribution >= 4 is 18.3 Å². The smallest absolute Gasteiger partial charge is 0.406 e. The number of nitrogens with zero attached hydrogens (tertiary/aromatic N) is 1. The lowest BCUT2D eigenvalue weighted by Crippen LogP contribution is -2.46. The van der Waals surface area contributed by atoms with Gasteiger partial charge in [0.1, 0.15) is 5.75 Å². The zero-order chi connectivity index (χ0) is 16.0. The number of piperazine rings is 1. The Kier molecular flexibility index (Phi) is 7.60. The van der Waals surface area contributed by atoms with Gasteiger partial charge in [0.05, 0.1) is 0 Å². The number of carbonyl (C=O) groups excluding carboxylic acids is 1. The van der Waals surface area contributed by atoms with E-state index in [1.807, 2.05) is 0 Å². The van der Waals surface area contributed by atoms with Crippen LogP contribution in [0.2, 0.25) is 0 Å². The van der Waals surface area contributed by atoms with E-state index >= 15 is 0 Å². The standard InChI is InChI=1S/C14H18F3N3O2.ClH/c15-14(16,17)22-12-3-1-11(2-4-12)13(21)19-7-10-20-8-5-18-6-9-20;/h1-4,18H,5-10H2,(H,19,21);1H. The molecule has 9 heteroatoms. The van der Waals surface area contributed by atoms with Gasteiger partial charge in [-0.3, -0.25) is 9.69 Å². The second kappa shape index (κ2) is 8.95. The number of hydrogen-bond acceptors (Lipinski definition) is 4. The Bertz CT molecular complexity index is 491. The Morgan fingerprint density at radius 2 is 1.83 bits per heavy atom. The first-order chi connectivity index (χ1) is 10.4. The zero-order valence-electron chi connectivity index (χ0n) is 12.4. The Hall–Kier alpha value is -1.51. The highest BCUT2D eigenvalue weighted by molar-refractivity contribution is 5.94. The van der Waals surface area contributed by atoms with Crippen molar-refractivity contribution in [2.75, 3.05) is 39.3 Å². The average Bonchev–Trinajstić information content (AvgIpc) is 2.47. The summed E-state index contributed by atoms with van der Waals surface area (Å²) in [5.41, 5.74) is 0.301. The van der Waals surface area contributed by atoms with Gasteiger partial charge in [0, 0.05) is 44.8 Å². The molecule has 1 aliphatic heterocycles. The van der Waals surface area contributed by atoms with Crippen LogP contribution in [0.1, 0.15) is 10.4 Å². The fourth-order valence-corrected chi connectivity index (χ4v) is 2.17. The van der Waals surface area contributed by atoms with Gasteiger partial charge in [-0.25, -0.2) is 0 Å². The highest BCUT2D eigenvalue weighted by atomic mass is 35.5. The summed E-state index contributed by atoms with van der Waals surface area (Å²) < 4.78 is 39.9. The molecule has 0 spiro atoms. The van der Waals surface area contributed by atoms with Crippen molar-refractivity contribution in [3.05, 3.63) is 29.8 Å². The quantitative estimate of drug-likeness (QED) is 0.845. The molecule has 2 N–H and O–H groups in total. The van der Waals surface area contributed by atoms with Gasteiger partial charge in [-0.15, -0.1) is 25.6 Å². The SMILES string of the molecule is Cl.O=C(NCCN1CCNCC1)c1ccc(OC(F)(F)F)cc1. The second-order valence-electron chi connectivity index (χ2n) is 4.92. The van der Waals surface area contributed by atoms with Gasteiger partial charge in [0.15, 0.2) is 0 Å². The summed E-state index contributed by atoms with van der Waals surface area (Å²) in [5, 5.41) is 5.99. The van der Waals surface area contributed by atoms with Gasteiger partial charge in [-0.1, -0.05) is 0 Å². The zero-order valence-corrected chi connectivity index (χ0v) is 13.2. The molecular weight excluding hydrogens is 335 g/mol. The summed E-state index contributed by atoms with van der Waals surface area (Å²) >= 11 is 0. The molecule has 1 aliphatic rings. The number of alkyl halides is 3. The van der Waals surface area contributed by atoms with E-state index in [1.54, 1.807) is 0 Å². The van der Waals surface area contributed by atoms with E-state index in [0.717, 1.165) is 44.9 Å². The first kappa shape index (κ1) is 19.5. The van der Waals surface area contributed by atoms with Crippen LogP contribution in [0.15, 0.2) is 24.3 Å². The topological polar surface area (TPSA) is 53.6 Å². The van der Waals surface area contributed by atoms with Crippen molar-refractivity contribution in [1.82, 2.24) is 15.5 Å². The maximum absolute atomic E-state index is 12.0. The van der Waals surface area contributed by atoms with E-state index in [2.05, 4.69) is 20.3 Å². The summed E-state index contributed by atoms with van der Waals surface area (Å²) in [5.74, 6) is -0.654. The third-order valence-corrected chi connectivity index (χ3v) is 3.27. The summed E-state index contributed by atoms with van der Waals surface area (Å²) in [7, 11) is 0. The minimum absolute atomic E-state index is 0. The Labute approximate surface area is 138 Å². The van der Waals surface area contributed by atoms with Crippen LogP contribution in [0.25, 0.3) is 0 Å². The van der Waals surface area contributed by atoms with Crippen LogP contribution in [0.4, 0.5) is 13.2 Å². The molecule has 130 valence electrons. The summed E-state index contributed by atoms with van der Waals surface area (Å²) in [6.45, 7) is 5.02. The number of ether oxygens (including phenoxy) is 1. The van der Waals surface area contributed by atoms with Gasteiger partial charge < -0.3 is 15.4 Å². The molecule has 5 nitrogen and oxygen atoms in total. The molecule has 0 bridgehead atoms. The predicted molar refractivity (Wildman–Crippen MR) is 82.0 cm³/mol. The molecule has 1 amide bonds. The van der Waals surface area contributed by atoms with Crippen LogP contribution in [0.5, 0.6) is 5.75 Å². The van der Waals surface area contributed by atoms with E-state index in [4.69, 9.17) is 0 Å². The molecule has 1 heterocycles. The molecule has 0 unspecified atom stereocenters. The molecule has 1 fully saturated rings. The molecule has 1 aromatic carbocycles. The summed E-state index contributed by atoms with van der Waals surface area (Å²) in [6.07, 6.45) is -4.73. The molecule has 0 aromatic heterocycles. The van der Waals surface area contributed by atoms with Crippen LogP contribution in [-0.2, 0) is 0 Å².